The van der Waals surface area contributed by atoms with Crippen LogP contribution in [-0.2, 0) is 22.7 Å². The molecule has 1 saturated carbocycles. The minimum Gasteiger partial charge on any atom is -0.341 e. The number of hydrogen-bond donors (Lipinski definition) is 0. The Balaban J connectivity index is 1.57. The first-order chi connectivity index (χ1) is 9.78. The molecule has 0 saturated heterocycles. The van der Waals surface area contributed by atoms with E-state index in [1.165, 1.54) is 0 Å². The zero-order valence-corrected chi connectivity index (χ0v) is 11.4. The summed E-state index contributed by atoms with van der Waals surface area (Å²) in [7, 11) is 0. The second-order valence-corrected chi connectivity index (χ2v) is 5.08. The molecule has 2 nitrogen and oxygen atoms in total. The number of rotatable bonds is 6. The van der Waals surface area contributed by atoms with Gasteiger partial charge < -0.3 is 9.47 Å². The molecule has 0 radical (unpaired) electrons. The molecule has 0 aliphatic heterocycles. The van der Waals surface area contributed by atoms with Crippen LogP contribution in [-0.4, -0.2) is 5.79 Å². The van der Waals surface area contributed by atoms with Crippen LogP contribution in [0.5, 0.6) is 0 Å². The zero-order chi connectivity index (χ0) is 13.8. The van der Waals surface area contributed by atoms with Gasteiger partial charge in [0.15, 0.2) is 5.79 Å². The van der Waals surface area contributed by atoms with E-state index >= 15 is 0 Å². The van der Waals surface area contributed by atoms with Gasteiger partial charge in [0.1, 0.15) is 0 Å². The van der Waals surface area contributed by atoms with Gasteiger partial charge in [0.2, 0.25) is 0 Å². The van der Waals surface area contributed by atoms with Crippen LogP contribution in [0.2, 0.25) is 0 Å². The van der Waals surface area contributed by atoms with Crippen LogP contribution in [0.4, 0.5) is 0 Å². The largest absolute Gasteiger partial charge is 0.341 e. The van der Waals surface area contributed by atoms with Crippen molar-refractivity contribution in [1.82, 2.24) is 0 Å². The standard InChI is InChI=1S/C18H18O2/c1-15-12-18(15,19-13-16-8-4-2-5-9-16)20-14-17-10-6-3-7-11-17/h2-11H,1,12-14H2. The Morgan fingerprint density at radius 1 is 0.800 bits per heavy atom. The third kappa shape index (κ3) is 2.98. The Morgan fingerprint density at radius 3 is 1.55 bits per heavy atom. The van der Waals surface area contributed by atoms with Crippen LogP contribution < -0.4 is 0 Å². The number of ether oxygens (including phenoxy) is 2. The maximum Gasteiger partial charge on any atom is 0.195 e. The van der Waals surface area contributed by atoms with Gasteiger partial charge in [-0.2, -0.15) is 0 Å². The third-order valence-corrected chi connectivity index (χ3v) is 3.49. The average Bonchev–Trinajstić information content (AvgIpc) is 3.16. The molecule has 0 aromatic heterocycles. The monoisotopic (exact) mass is 266 g/mol. The van der Waals surface area contributed by atoms with E-state index in [1.54, 1.807) is 0 Å². The van der Waals surface area contributed by atoms with Crippen molar-refractivity contribution in [2.24, 2.45) is 0 Å². The lowest BCUT2D eigenvalue weighted by Gasteiger charge is -2.17. The molecule has 2 heteroatoms. The van der Waals surface area contributed by atoms with Crippen molar-refractivity contribution in [3.05, 3.63) is 83.9 Å². The van der Waals surface area contributed by atoms with Gasteiger partial charge in [-0.25, -0.2) is 0 Å². The number of hydrogen-bond acceptors (Lipinski definition) is 2. The molecular weight excluding hydrogens is 248 g/mol. The predicted molar refractivity (Wildman–Crippen MR) is 79.0 cm³/mol. The molecule has 1 aliphatic carbocycles. The molecule has 0 atom stereocenters. The van der Waals surface area contributed by atoms with Crippen LogP contribution in [0.3, 0.4) is 0 Å². The lowest BCUT2D eigenvalue weighted by Crippen LogP contribution is -2.19. The summed E-state index contributed by atoms with van der Waals surface area (Å²) in [6.07, 6.45) is 0.784. The molecule has 2 aromatic rings. The Hall–Kier alpha value is -1.90. The highest BCUT2D eigenvalue weighted by atomic mass is 16.7. The van der Waals surface area contributed by atoms with Gasteiger partial charge in [-0.15, -0.1) is 0 Å². The topological polar surface area (TPSA) is 18.5 Å². The lowest BCUT2D eigenvalue weighted by molar-refractivity contribution is -0.170. The predicted octanol–water partition coefficient (Wildman–Crippen LogP) is 4.08. The van der Waals surface area contributed by atoms with Gasteiger partial charge in [-0.3, -0.25) is 0 Å². The molecule has 1 aliphatic rings. The molecule has 0 N–H and O–H groups in total. The van der Waals surface area contributed by atoms with Crippen LogP contribution in [0.15, 0.2) is 72.8 Å². The molecule has 0 bridgehead atoms. The first kappa shape index (κ1) is 13.1. The highest BCUT2D eigenvalue weighted by Gasteiger charge is 2.50. The molecule has 20 heavy (non-hydrogen) atoms. The van der Waals surface area contributed by atoms with Crippen LogP contribution >= 0.6 is 0 Å². The Morgan fingerprint density at radius 2 is 1.20 bits per heavy atom. The molecular formula is C18H18O2. The van der Waals surface area contributed by atoms with E-state index in [9.17, 15) is 0 Å². The summed E-state index contributed by atoms with van der Waals surface area (Å²) in [4.78, 5) is 0. The van der Waals surface area contributed by atoms with Crippen LogP contribution in [0.1, 0.15) is 17.5 Å². The van der Waals surface area contributed by atoms with Crippen LogP contribution in [0, 0.1) is 0 Å². The summed E-state index contributed by atoms with van der Waals surface area (Å²) < 4.78 is 11.9. The van der Waals surface area contributed by atoms with Crippen molar-refractivity contribution in [1.29, 1.82) is 0 Å². The summed E-state index contributed by atoms with van der Waals surface area (Å²) in [6.45, 7) is 5.10. The smallest absolute Gasteiger partial charge is 0.195 e. The Kier molecular flexibility index (Phi) is 3.68. The van der Waals surface area contributed by atoms with Crippen molar-refractivity contribution in [3.8, 4) is 0 Å². The van der Waals surface area contributed by atoms with E-state index in [-0.39, 0.29) is 0 Å². The van der Waals surface area contributed by atoms with Gasteiger partial charge in [0.25, 0.3) is 0 Å². The first-order valence-electron chi connectivity index (χ1n) is 6.82. The van der Waals surface area contributed by atoms with E-state index < -0.39 is 5.79 Å². The van der Waals surface area contributed by atoms with E-state index in [1.807, 2.05) is 36.4 Å². The highest BCUT2D eigenvalue weighted by molar-refractivity contribution is 5.29. The van der Waals surface area contributed by atoms with Gasteiger partial charge in [-0.1, -0.05) is 67.2 Å². The fourth-order valence-electron chi connectivity index (χ4n) is 2.13. The van der Waals surface area contributed by atoms with Crippen molar-refractivity contribution in [3.63, 3.8) is 0 Å². The molecule has 1 fully saturated rings. The number of benzene rings is 2. The van der Waals surface area contributed by atoms with Crippen molar-refractivity contribution < 1.29 is 9.47 Å². The average molecular weight is 266 g/mol. The van der Waals surface area contributed by atoms with Crippen molar-refractivity contribution in [2.45, 2.75) is 25.4 Å². The normalized spacial score (nSPS) is 16.1. The third-order valence-electron chi connectivity index (χ3n) is 3.49. The minimum atomic E-state index is -0.578. The second kappa shape index (κ2) is 5.61. The van der Waals surface area contributed by atoms with Crippen LogP contribution in [0.25, 0.3) is 0 Å². The Labute approximate surface area is 119 Å². The van der Waals surface area contributed by atoms with E-state index in [0.717, 1.165) is 23.1 Å². The maximum atomic E-state index is 5.94. The molecule has 0 heterocycles. The molecule has 0 amide bonds. The molecule has 102 valence electrons. The van der Waals surface area contributed by atoms with Gasteiger partial charge >= 0.3 is 0 Å². The summed E-state index contributed by atoms with van der Waals surface area (Å²) in [6, 6.07) is 20.3. The first-order valence-corrected chi connectivity index (χ1v) is 6.82. The van der Waals surface area contributed by atoms with E-state index in [4.69, 9.17) is 9.47 Å². The highest BCUT2D eigenvalue weighted by Crippen LogP contribution is 2.47. The fraction of sp³-hybridized carbons (Fsp3) is 0.222. The molecule has 0 unspecified atom stereocenters. The zero-order valence-electron chi connectivity index (χ0n) is 11.4. The Bertz CT molecular complexity index is 531. The lowest BCUT2D eigenvalue weighted by atomic mass is 10.2. The van der Waals surface area contributed by atoms with Gasteiger partial charge in [0.05, 0.1) is 13.2 Å². The van der Waals surface area contributed by atoms with Gasteiger partial charge in [-0.05, 0) is 16.7 Å². The van der Waals surface area contributed by atoms with E-state index in [0.29, 0.717) is 13.2 Å². The maximum absolute atomic E-state index is 5.94. The summed E-state index contributed by atoms with van der Waals surface area (Å²) in [5.74, 6) is -0.578. The minimum absolute atomic E-state index is 0.550. The molecule has 0 spiro atoms. The summed E-state index contributed by atoms with van der Waals surface area (Å²) in [5, 5.41) is 0. The van der Waals surface area contributed by atoms with E-state index in [2.05, 4.69) is 30.8 Å². The second-order valence-electron chi connectivity index (χ2n) is 5.08. The van der Waals surface area contributed by atoms with Gasteiger partial charge in [0, 0.05) is 6.42 Å². The summed E-state index contributed by atoms with van der Waals surface area (Å²) >= 11 is 0. The molecule has 3 rings (SSSR count). The molecule has 2 aromatic carbocycles. The van der Waals surface area contributed by atoms with Crippen molar-refractivity contribution in [2.75, 3.05) is 0 Å². The summed E-state index contributed by atoms with van der Waals surface area (Å²) in [5.41, 5.74) is 3.31. The quantitative estimate of drug-likeness (QED) is 0.579. The SMILES string of the molecule is C=C1CC1(OCc1ccccc1)OCc1ccccc1. The fourth-order valence-corrected chi connectivity index (χ4v) is 2.13. The van der Waals surface area contributed by atoms with Crippen molar-refractivity contribution >= 4 is 0 Å².